The fourth-order valence-electron chi connectivity index (χ4n) is 4.47. The Kier molecular flexibility index (Phi) is 7.10. The van der Waals surface area contributed by atoms with E-state index in [4.69, 9.17) is 13.9 Å². The molecule has 0 aromatic heterocycles. The summed E-state index contributed by atoms with van der Waals surface area (Å²) in [6, 6.07) is 0. The molecule has 0 spiro atoms. The molecule has 0 aromatic carbocycles. The minimum Gasteiger partial charge on any atom is -0.413 e. The van der Waals surface area contributed by atoms with Crippen LogP contribution in [0, 0.1) is 0 Å². The summed E-state index contributed by atoms with van der Waals surface area (Å²) in [7, 11) is -2.06. The van der Waals surface area contributed by atoms with Crippen molar-refractivity contribution in [1.29, 1.82) is 0 Å². The predicted octanol–water partition coefficient (Wildman–Crippen LogP) is 3.44. The van der Waals surface area contributed by atoms with Crippen molar-refractivity contribution in [2.75, 3.05) is 13.2 Å². The first-order valence-electron chi connectivity index (χ1n) is 9.14. The van der Waals surface area contributed by atoms with Crippen molar-refractivity contribution < 1.29 is 24.1 Å². The number of aliphatic hydroxyl groups excluding tert-OH is 2. The zero-order chi connectivity index (χ0) is 18.9. The Hall–Kier alpha value is 0.0169. The third-order valence-corrected chi connectivity index (χ3v) is 11.6. The molecule has 1 rings (SSSR count). The number of aliphatic hydroxyl groups is 2. The van der Waals surface area contributed by atoms with E-state index < -0.39 is 31.9 Å². The van der Waals surface area contributed by atoms with E-state index in [9.17, 15) is 10.2 Å². The maximum absolute atomic E-state index is 10.8. The smallest absolute Gasteiger partial charge is 0.200 e. The van der Waals surface area contributed by atoms with Crippen LogP contribution in [-0.2, 0) is 13.9 Å². The predicted molar refractivity (Wildman–Crippen MR) is 98.5 cm³/mol. The highest BCUT2D eigenvalue weighted by Gasteiger charge is 2.55. The van der Waals surface area contributed by atoms with Crippen LogP contribution in [0.15, 0.2) is 0 Å². The molecule has 1 saturated heterocycles. The van der Waals surface area contributed by atoms with Crippen LogP contribution in [-0.4, -0.2) is 55.3 Å². The Bertz CT molecular complexity index is 388. The van der Waals surface area contributed by atoms with Gasteiger partial charge < -0.3 is 24.1 Å². The Morgan fingerprint density at radius 2 is 1.46 bits per heavy atom. The molecule has 144 valence electrons. The monoisotopic (exact) mass is 362 g/mol. The Morgan fingerprint density at radius 1 is 1.00 bits per heavy atom. The Balaban J connectivity index is 2.95. The molecule has 3 atom stereocenters. The normalized spacial score (nSPS) is 29.0. The SMILES string of the molecule is CC(C)[Si](OC[C@@H](O)[C@@]1(C)OC(C)(C)O[C@H]1CO)(C(C)C)C(C)C. The van der Waals surface area contributed by atoms with Crippen LogP contribution in [0.2, 0.25) is 16.6 Å². The van der Waals surface area contributed by atoms with Gasteiger partial charge in [-0.1, -0.05) is 41.5 Å². The molecule has 6 heteroatoms. The maximum atomic E-state index is 10.8. The molecule has 5 nitrogen and oxygen atoms in total. The van der Waals surface area contributed by atoms with Crippen LogP contribution in [0.4, 0.5) is 0 Å². The van der Waals surface area contributed by atoms with Crippen LogP contribution in [0.5, 0.6) is 0 Å². The summed E-state index contributed by atoms with van der Waals surface area (Å²) in [6.07, 6.45) is -1.43. The second-order valence-corrected chi connectivity index (χ2v) is 14.1. The lowest BCUT2D eigenvalue weighted by molar-refractivity contribution is -0.182. The van der Waals surface area contributed by atoms with E-state index in [1.54, 1.807) is 20.8 Å². The molecule has 1 aliphatic rings. The Labute approximate surface area is 148 Å². The van der Waals surface area contributed by atoms with Crippen molar-refractivity contribution in [2.45, 2.75) is 103 Å². The first kappa shape index (κ1) is 22.1. The molecule has 0 aromatic rings. The molecule has 1 heterocycles. The first-order valence-corrected chi connectivity index (χ1v) is 11.3. The molecule has 0 saturated carbocycles. The van der Waals surface area contributed by atoms with Crippen LogP contribution in [0.25, 0.3) is 0 Å². The van der Waals surface area contributed by atoms with Gasteiger partial charge in [0.1, 0.15) is 17.8 Å². The van der Waals surface area contributed by atoms with Gasteiger partial charge in [-0.25, -0.2) is 0 Å². The molecule has 1 aliphatic heterocycles. The zero-order valence-electron chi connectivity index (χ0n) is 16.9. The van der Waals surface area contributed by atoms with Crippen LogP contribution in [0.3, 0.4) is 0 Å². The number of rotatable bonds is 8. The molecule has 24 heavy (non-hydrogen) atoms. The van der Waals surface area contributed by atoms with Crippen molar-refractivity contribution in [3.8, 4) is 0 Å². The highest BCUT2D eigenvalue weighted by atomic mass is 28.4. The van der Waals surface area contributed by atoms with Crippen molar-refractivity contribution in [3.63, 3.8) is 0 Å². The van der Waals surface area contributed by atoms with E-state index in [-0.39, 0.29) is 13.2 Å². The minimum atomic E-state index is -2.06. The highest BCUT2D eigenvalue weighted by molar-refractivity contribution is 6.77. The Morgan fingerprint density at radius 3 is 1.83 bits per heavy atom. The van der Waals surface area contributed by atoms with Gasteiger partial charge in [-0.3, -0.25) is 0 Å². The summed E-state index contributed by atoms with van der Waals surface area (Å²) >= 11 is 0. The number of hydrogen-bond acceptors (Lipinski definition) is 5. The van der Waals surface area contributed by atoms with Gasteiger partial charge >= 0.3 is 0 Å². The van der Waals surface area contributed by atoms with Crippen molar-refractivity contribution >= 4 is 8.32 Å². The molecule has 0 unspecified atom stereocenters. The molecule has 0 aliphatic carbocycles. The number of hydrogen-bond donors (Lipinski definition) is 2. The lowest BCUT2D eigenvalue weighted by atomic mass is 9.93. The van der Waals surface area contributed by atoms with Gasteiger partial charge in [-0.2, -0.15) is 0 Å². The third-order valence-electron chi connectivity index (χ3n) is 5.56. The topological polar surface area (TPSA) is 68.2 Å². The van der Waals surface area contributed by atoms with E-state index in [2.05, 4.69) is 41.5 Å². The van der Waals surface area contributed by atoms with Gasteiger partial charge in [0.25, 0.3) is 0 Å². The van der Waals surface area contributed by atoms with Crippen LogP contribution in [0.1, 0.15) is 62.3 Å². The fraction of sp³-hybridized carbons (Fsp3) is 1.00. The average Bonchev–Trinajstić information content (AvgIpc) is 2.68. The summed E-state index contributed by atoms with van der Waals surface area (Å²) < 4.78 is 18.2. The van der Waals surface area contributed by atoms with Crippen LogP contribution < -0.4 is 0 Å². The number of ether oxygens (including phenoxy) is 2. The van der Waals surface area contributed by atoms with Crippen molar-refractivity contribution in [1.82, 2.24) is 0 Å². The van der Waals surface area contributed by atoms with E-state index in [1.807, 2.05) is 0 Å². The first-order chi connectivity index (χ1) is 10.8. The lowest BCUT2D eigenvalue weighted by Gasteiger charge is -2.44. The molecule has 2 N–H and O–H groups in total. The van der Waals surface area contributed by atoms with Gasteiger partial charge in [-0.15, -0.1) is 0 Å². The minimum absolute atomic E-state index is 0.196. The van der Waals surface area contributed by atoms with E-state index in [0.717, 1.165) is 0 Å². The summed E-state index contributed by atoms with van der Waals surface area (Å²) in [5, 5.41) is 20.5. The molecule has 0 bridgehead atoms. The van der Waals surface area contributed by atoms with E-state index in [1.165, 1.54) is 0 Å². The fourth-order valence-corrected chi connectivity index (χ4v) is 9.92. The van der Waals surface area contributed by atoms with E-state index in [0.29, 0.717) is 16.6 Å². The molecular formula is C18H38O5Si. The average molecular weight is 363 g/mol. The molecular weight excluding hydrogens is 324 g/mol. The quantitative estimate of drug-likeness (QED) is 0.647. The van der Waals surface area contributed by atoms with Gasteiger partial charge in [0.15, 0.2) is 14.1 Å². The standard InChI is InChI=1S/C18H38O5Si/c1-12(2)24(13(3)4,14(5)6)21-11-15(20)18(9)16(10-19)22-17(7,8)23-18/h12-16,19-20H,10-11H2,1-9H3/t15-,16+,18-/m1/s1. The summed E-state index contributed by atoms with van der Waals surface area (Å²) in [5.41, 5.74) is 0.360. The van der Waals surface area contributed by atoms with Crippen molar-refractivity contribution in [2.24, 2.45) is 0 Å². The highest BCUT2D eigenvalue weighted by Crippen LogP contribution is 2.44. The van der Waals surface area contributed by atoms with Gasteiger partial charge in [0, 0.05) is 0 Å². The van der Waals surface area contributed by atoms with Crippen molar-refractivity contribution in [3.05, 3.63) is 0 Å². The maximum Gasteiger partial charge on any atom is 0.200 e. The summed E-state index contributed by atoms with van der Waals surface area (Å²) in [4.78, 5) is 0. The van der Waals surface area contributed by atoms with Crippen LogP contribution >= 0.6 is 0 Å². The zero-order valence-corrected chi connectivity index (χ0v) is 17.9. The van der Waals surface area contributed by atoms with Gasteiger partial charge in [-0.05, 0) is 37.4 Å². The molecule has 1 fully saturated rings. The van der Waals surface area contributed by atoms with Gasteiger partial charge in [0.05, 0.1) is 13.2 Å². The van der Waals surface area contributed by atoms with Gasteiger partial charge in [0.2, 0.25) is 0 Å². The summed E-state index contributed by atoms with van der Waals surface area (Å²) in [6.45, 7) is 18.7. The van der Waals surface area contributed by atoms with E-state index >= 15 is 0 Å². The second kappa shape index (κ2) is 7.72. The second-order valence-electron chi connectivity index (χ2n) is 8.62. The lowest BCUT2D eigenvalue weighted by Crippen LogP contribution is -2.55. The molecule has 0 radical (unpaired) electrons. The molecule has 0 amide bonds. The third kappa shape index (κ3) is 4.05. The summed E-state index contributed by atoms with van der Waals surface area (Å²) in [5.74, 6) is -0.828. The largest absolute Gasteiger partial charge is 0.413 e.